The van der Waals surface area contributed by atoms with Gasteiger partial charge in [-0.05, 0) is 5.92 Å². The molecule has 2 aromatic rings. The predicted octanol–water partition coefficient (Wildman–Crippen LogP) is 2.23. The summed E-state index contributed by atoms with van der Waals surface area (Å²) in [5, 5.41) is 0. The van der Waals surface area contributed by atoms with Crippen LogP contribution in [0.5, 0.6) is 5.88 Å². The van der Waals surface area contributed by atoms with E-state index in [1.807, 2.05) is 4.57 Å². The number of rotatable bonds is 4. The Morgan fingerprint density at radius 1 is 1.41 bits per heavy atom. The Morgan fingerprint density at radius 3 is 2.76 bits per heavy atom. The van der Waals surface area contributed by atoms with Gasteiger partial charge in [0.15, 0.2) is 11.2 Å². The lowest BCUT2D eigenvalue weighted by molar-refractivity contribution is 0.401. The van der Waals surface area contributed by atoms with E-state index in [0.717, 1.165) is 18.0 Å². The second-order valence-electron chi connectivity index (χ2n) is 4.22. The van der Waals surface area contributed by atoms with E-state index in [0.29, 0.717) is 23.2 Å². The Kier molecular flexibility index (Phi) is 3.47. The van der Waals surface area contributed by atoms with Gasteiger partial charge in [-0.3, -0.25) is 0 Å². The molecule has 5 nitrogen and oxygen atoms in total. The van der Waals surface area contributed by atoms with Crippen molar-refractivity contribution in [2.24, 2.45) is 5.92 Å². The van der Waals surface area contributed by atoms with Gasteiger partial charge in [0, 0.05) is 6.54 Å². The number of aromatic nitrogens is 4. The van der Waals surface area contributed by atoms with E-state index in [-0.39, 0.29) is 0 Å². The molecule has 2 rings (SSSR count). The molecular weight excluding hydrogens is 240 g/mol. The summed E-state index contributed by atoms with van der Waals surface area (Å²) >= 11 is 5.91. The van der Waals surface area contributed by atoms with Crippen LogP contribution in [-0.2, 0) is 12.4 Å². The summed E-state index contributed by atoms with van der Waals surface area (Å²) in [6, 6.07) is 0. The zero-order valence-electron chi connectivity index (χ0n) is 10.1. The average molecular weight is 255 g/mol. The molecule has 2 heterocycles. The Balaban J connectivity index is 2.63. The average Bonchev–Trinajstić information content (AvgIpc) is 2.66. The van der Waals surface area contributed by atoms with Crippen LogP contribution in [0, 0.1) is 5.92 Å². The molecule has 0 aliphatic heterocycles. The highest BCUT2D eigenvalue weighted by molar-refractivity contribution is 6.16. The summed E-state index contributed by atoms with van der Waals surface area (Å²) in [6.07, 6.45) is 1.48. The lowest BCUT2D eigenvalue weighted by Gasteiger charge is -2.09. The van der Waals surface area contributed by atoms with Crippen LogP contribution in [0.3, 0.4) is 0 Å². The van der Waals surface area contributed by atoms with Crippen LogP contribution in [-0.4, -0.2) is 26.6 Å². The Hall–Kier alpha value is -1.36. The van der Waals surface area contributed by atoms with E-state index in [4.69, 9.17) is 16.3 Å². The van der Waals surface area contributed by atoms with Gasteiger partial charge in [0.1, 0.15) is 12.2 Å². The molecule has 0 aliphatic carbocycles. The van der Waals surface area contributed by atoms with E-state index >= 15 is 0 Å². The number of ether oxygens (including phenoxy) is 1. The molecule has 0 aromatic carbocycles. The van der Waals surface area contributed by atoms with Crippen molar-refractivity contribution in [3.8, 4) is 5.88 Å². The highest BCUT2D eigenvalue weighted by atomic mass is 35.5. The quantitative estimate of drug-likeness (QED) is 0.785. The van der Waals surface area contributed by atoms with Gasteiger partial charge in [-0.1, -0.05) is 13.8 Å². The first-order valence-corrected chi connectivity index (χ1v) is 6.00. The van der Waals surface area contributed by atoms with Crippen molar-refractivity contribution in [1.82, 2.24) is 19.5 Å². The molecule has 0 saturated carbocycles. The molecule has 0 spiro atoms. The molecule has 0 radical (unpaired) electrons. The minimum Gasteiger partial charge on any atom is -0.479 e. The minimum absolute atomic E-state index is 0.353. The standard InChI is InChI=1S/C11H15ClN4O/c1-7(2)5-16-8(4-12)15-9-10(16)13-6-14-11(9)17-3/h6-7H,4-5H2,1-3H3. The van der Waals surface area contributed by atoms with E-state index in [1.165, 1.54) is 6.33 Å². The van der Waals surface area contributed by atoms with Crippen LogP contribution in [0.4, 0.5) is 0 Å². The molecule has 6 heteroatoms. The summed E-state index contributed by atoms with van der Waals surface area (Å²) in [5.74, 6) is 2.14. The predicted molar refractivity (Wildman–Crippen MR) is 66.3 cm³/mol. The first-order chi connectivity index (χ1) is 8.17. The first-order valence-electron chi connectivity index (χ1n) is 5.47. The van der Waals surface area contributed by atoms with Crippen LogP contribution in [0.2, 0.25) is 0 Å². The zero-order chi connectivity index (χ0) is 12.4. The normalized spacial score (nSPS) is 11.4. The third-order valence-electron chi connectivity index (χ3n) is 2.44. The van der Waals surface area contributed by atoms with Crippen molar-refractivity contribution >= 4 is 22.8 Å². The molecular formula is C11H15ClN4O. The first kappa shape index (κ1) is 12.1. The van der Waals surface area contributed by atoms with Crippen LogP contribution in [0.1, 0.15) is 19.7 Å². The SMILES string of the molecule is COc1ncnc2c1nc(CCl)n2CC(C)C. The van der Waals surface area contributed by atoms with Crippen molar-refractivity contribution in [3.05, 3.63) is 12.2 Å². The summed E-state index contributed by atoms with van der Waals surface area (Å²) < 4.78 is 7.20. The lowest BCUT2D eigenvalue weighted by Crippen LogP contribution is -2.08. The summed E-state index contributed by atoms with van der Waals surface area (Å²) in [5.41, 5.74) is 1.45. The number of alkyl halides is 1. The number of hydrogen-bond donors (Lipinski definition) is 0. The maximum absolute atomic E-state index is 5.91. The summed E-state index contributed by atoms with van der Waals surface area (Å²) in [6.45, 7) is 5.11. The van der Waals surface area contributed by atoms with Gasteiger partial charge in [-0.15, -0.1) is 11.6 Å². The van der Waals surface area contributed by atoms with Crippen LogP contribution in [0.25, 0.3) is 11.2 Å². The molecule has 0 unspecified atom stereocenters. The van der Waals surface area contributed by atoms with E-state index in [9.17, 15) is 0 Å². The molecule has 92 valence electrons. The van der Waals surface area contributed by atoms with Crippen LogP contribution < -0.4 is 4.74 Å². The number of imidazole rings is 1. The van der Waals surface area contributed by atoms with Crippen molar-refractivity contribution in [1.29, 1.82) is 0 Å². The van der Waals surface area contributed by atoms with Crippen molar-refractivity contribution in [2.75, 3.05) is 7.11 Å². The largest absolute Gasteiger partial charge is 0.479 e. The second-order valence-corrected chi connectivity index (χ2v) is 4.49. The number of fused-ring (bicyclic) bond motifs is 1. The van der Waals surface area contributed by atoms with Crippen molar-refractivity contribution < 1.29 is 4.74 Å². The molecule has 17 heavy (non-hydrogen) atoms. The van der Waals surface area contributed by atoms with E-state index in [2.05, 4.69) is 28.8 Å². The topological polar surface area (TPSA) is 52.8 Å². The minimum atomic E-state index is 0.353. The molecule has 0 bridgehead atoms. The van der Waals surface area contributed by atoms with Gasteiger partial charge in [0.25, 0.3) is 0 Å². The van der Waals surface area contributed by atoms with Gasteiger partial charge in [-0.25, -0.2) is 9.97 Å². The smallest absolute Gasteiger partial charge is 0.245 e. The molecule has 0 amide bonds. The summed E-state index contributed by atoms with van der Waals surface area (Å²) in [4.78, 5) is 12.7. The Morgan fingerprint density at radius 2 is 2.18 bits per heavy atom. The monoisotopic (exact) mass is 254 g/mol. The molecule has 0 fully saturated rings. The van der Waals surface area contributed by atoms with Crippen molar-refractivity contribution in [2.45, 2.75) is 26.3 Å². The van der Waals surface area contributed by atoms with Crippen LogP contribution in [0.15, 0.2) is 6.33 Å². The van der Waals surface area contributed by atoms with Crippen molar-refractivity contribution in [3.63, 3.8) is 0 Å². The molecule has 0 aliphatic rings. The van der Waals surface area contributed by atoms with Gasteiger partial charge < -0.3 is 9.30 Å². The van der Waals surface area contributed by atoms with Crippen LogP contribution >= 0.6 is 11.6 Å². The number of nitrogens with zero attached hydrogens (tertiary/aromatic N) is 4. The Labute approximate surface area is 105 Å². The van der Waals surface area contributed by atoms with Gasteiger partial charge in [0.05, 0.1) is 13.0 Å². The molecule has 2 aromatic heterocycles. The maximum atomic E-state index is 5.91. The van der Waals surface area contributed by atoms with E-state index in [1.54, 1.807) is 7.11 Å². The highest BCUT2D eigenvalue weighted by Gasteiger charge is 2.16. The number of methoxy groups -OCH3 is 1. The fourth-order valence-electron chi connectivity index (χ4n) is 1.77. The number of hydrogen-bond acceptors (Lipinski definition) is 4. The third kappa shape index (κ3) is 2.20. The van der Waals surface area contributed by atoms with E-state index < -0.39 is 0 Å². The number of halogens is 1. The fourth-order valence-corrected chi connectivity index (χ4v) is 1.97. The zero-order valence-corrected chi connectivity index (χ0v) is 10.9. The lowest BCUT2D eigenvalue weighted by atomic mass is 10.2. The second kappa shape index (κ2) is 4.87. The Bertz CT molecular complexity index is 523. The van der Waals surface area contributed by atoms with Gasteiger partial charge in [0.2, 0.25) is 5.88 Å². The third-order valence-corrected chi connectivity index (χ3v) is 2.68. The molecule has 0 atom stereocenters. The highest BCUT2D eigenvalue weighted by Crippen LogP contribution is 2.23. The molecule has 0 saturated heterocycles. The molecule has 0 N–H and O–H groups in total. The summed E-state index contributed by atoms with van der Waals surface area (Å²) in [7, 11) is 1.57. The van der Waals surface area contributed by atoms with Gasteiger partial charge in [-0.2, -0.15) is 4.98 Å². The van der Waals surface area contributed by atoms with Gasteiger partial charge >= 0.3 is 0 Å². The maximum Gasteiger partial charge on any atom is 0.245 e. The fraction of sp³-hybridized carbons (Fsp3) is 0.545.